The molecular formula is C8H14KNO4. The summed E-state index contributed by atoms with van der Waals surface area (Å²) < 4.78 is 0. The van der Waals surface area contributed by atoms with Gasteiger partial charge in [-0.05, 0) is 12.5 Å². The minimum atomic E-state index is -1.25. The van der Waals surface area contributed by atoms with E-state index >= 15 is 0 Å². The van der Waals surface area contributed by atoms with Gasteiger partial charge in [-0.2, -0.15) is 0 Å². The molecule has 0 spiro atoms. The van der Waals surface area contributed by atoms with E-state index in [2.05, 4.69) is 0 Å². The third-order valence-corrected chi connectivity index (χ3v) is 1.47. The number of carbonyl (C=O) groups is 1. The molecule has 0 aliphatic carbocycles. The van der Waals surface area contributed by atoms with Gasteiger partial charge < -0.3 is 25.0 Å². The van der Waals surface area contributed by atoms with Gasteiger partial charge >= 0.3 is 51.4 Å². The summed E-state index contributed by atoms with van der Waals surface area (Å²) >= 11 is 0. The van der Waals surface area contributed by atoms with Crippen molar-refractivity contribution in [2.24, 2.45) is 0 Å². The normalized spacial score (nSPS) is 10.6. The molecule has 0 aromatic heterocycles. The van der Waals surface area contributed by atoms with E-state index in [0.717, 1.165) is 0 Å². The molecule has 0 fully saturated rings. The van der Waals surface area contributed by atoms with Crippen molar-refractivity contribution < 1.29 is 71.5 Å². The van der Waals surface area contributed by atoms with Crippen LogP contribution in [0.15, 0.2) is 11.8 Å². The van der Waals surface area contributed by atoms with Crippen molar-refractivity contribution in [2.45, 2.75) is 6.92 Å². The molecule has 0 amide bonds. The molecule has 0 aromatic rings. The van der Waals surface area contributed by atoms with Crippen molar-refractivity contribution >= 4 is 5.97 Å². The van der Waals surface area contributed by atoms with Crippen LogP contribution < -0.4 is 56.5 Å². The first-order valence-electron chi connectivity index (χ1n) is 3.97. The number of aliphatic carboxylic acids is 1. The molecule has 0 bridgehead atoms. The second kappa shape index (κ2) is 10.1. The van der Waals surface area contributed by atoms with E-state index in [-0.39, 0.29) is 70.2 Å². The molecule has 14 heavy (non-hydrogen) atoms. The third-order valence-electron chi connectivity index (χ3n) is 1.47. The Kier molecular flexibility index (Phi) is 12.2. The van der Waals surface area contributed by atoms with E-state index in [0.29, 0.717) is 13.1 Å². The first-order chi connectivity index (χ1) is 6.11. The van der Waals surface area contributed by atoms with Crippen LogP contribution in [0.5, 0.6) is 0 Å². The molecule has 0 aromatic carbocycles. The van der Waals surface area contributed by atoms with Crippen molar-refractivity contribution in [3.05, 3.63) is 11.8 Å². The monoisotopic (exact) mass is 227 g/mol. The van der Waals surface area contributed by atoms with Gasteiger partial charge in [-0.15, -0.1) is 0 Å². The van der Waals surface area contributed by atoms with E-state index in [9.17, 15) is 9.90 Å². The summed E-state index contributed by atoms with van der Waals surface area (Å²) in [4.78, 5) is 11.8. The topological polar surface area (TPSA) is 83.8 Å². The van der Waals surface area contributed by atoms with Crippen LogP contribution >= 0.6 is 0 Å². The zero-order valence-electron chi connectivity index (χ0n) is 8.56. The summed E-state index contributed by atoms with van der Waals surface area (Å²) in [5.74, 6) is -1.25. The number of carbonyl (C=O) groups excluding carboxylic acids is 1. The molecule has 0 aliphatic rings. The zero-order valence-corrected chi connectivity index (χ0v) is 11.7. The van der Waals surface area contributed by atoms with Gasteiger partial charge in [-0.1, -0.05) is 0 Å². The van der Waals surface area contributed by atoms with Crippen molar-refractivity contribution in [3.63, 3.8) is 0 Å². The van der Waals surface area contributed by atoms with Crippen molar-refractivity contribution in [2.75, 3.05) is 26.3 Å². The molecule has 0 radical (unpaired) electrons. The quantitative estimate of drug-likeness (QED) is 0.350. The van der Waals surface area contributed by atoms with Crippen LogP contribution in [0.4, 0.5) is 0 Å². The summed E-state index contributed by atoms with van der Waals surface area (Å²) in [5.41, 5.74) is 0.0712. The zero-order chi connectivity index (χ0) is 10.3. The first-order valence-corrected chi connectivity index (χ1v) is 3.97. The van der Waals surface area contributed by atoms with Crippen LogP contribution in [0.3, 0.4) is 0 Å². The Hall–Kier alpha value is 0.566. The molecule has 0 rings (SSSR count). The second-order valence-electron chi connectivity index (χ2n) is 2.58. The molecule has 0 saturated heterocycles. The standard InChI is InChI=1S/C8H15NO4.K/c1-7(8(12)13)6-9(2-4-10)3-5-11;/h6,10-11H,2-5H2,1H3,(H,12,13);/q;+1/p-1. The average molecular weight is 227 g/mol. The summed E-state index contributed by atoms with van der Waals surface area (Å²) in [7, 11) is 0. The third kappa shape index (κ3) is 7.92. The molecule has 0 atom stereocenters. The minimum absolute atomic E-state index is 0. The number of carboxylic acid groups (broad SMARTS) is 1. The molecule has 5 nitrogen and oxygen atoms in total. The van der Waals surface area contributed by atoms with Crippen LogP contribution in [-0.2, 0) is 4.79 Å². The number of aliphatic hydroxyl groups is 2. The van der Waals surface area contributed by atoms with Crippen molar-refractivity contribution in [1.29, 1.82) is 0 Å². The number of aliphatic hydroxyl groups excluding tert-OH is 2. The maximum absolute atomic E-state index is 10.3. The summed E-state index contributed by atoms with van der Waals surface area (Å²) in [6, 6.07) is 0. The summed E-state index contributed by atoms with van der Waals surface area (Å²) in [5, 5.41) is 27.5. The fourth-order valence-electron chi connectivity index (χ4n) is 0.824. The summed E-state index contributed by atoms with van der Waals surface area (Å²) in [6.45, 7) is 1.82. The van der Waals surface area contributed by atoms with Gasteiger partial charge in [-0.25, -0.2) is 0 Å². The molecule has 0 heterocycles. The van der Waals surface area contributed by atoms with Crippen LogP contribution in [0.25, 0.3) is 0 Å². The van der Waals surface area contributed by atoms with Gasteiger partial charge in [0.15, 0.2) is 0 Å². The average Bonchev–Trinajstić information content (AvgIpc) is 2.05. The maximum atomic E-state index is 10.3. The van der Waals surface area contributed by atoms with Crippen molar-refractivity contribution in [1.82, 2.24) is 4.90 Å². The Bertz CT molecular complexity index is 190. The Balaban J connectivity index is 0. The van der Waals surface area contributed by atoms with E-state index in [1.165, 1.54) is 18.0 Å². The van der Waals surface area contributed by atoms with Crippen LogP contribution in [0, 0.1) is 0 Å². The molecule has 6 heteroatoms. The predicted molar refractivity (Wildman–Crippen MR) is 44.5 cm³/mol. The summed E-state index contributed by atoms with van der Waals surface area (Å²) in [6.07, 6.45) is 1.35. The van der Waals surface area contributed by atoms with Crippen molar-refractivity contribution in [3.8, 4) is 0 Å². The Morgan fingerprint density at radius 3 is 2.07 bits per heavy atom. The molecule has 2 N–H and O–H groups in total. The number of hydrogen-bond acceptors (Lipinski definition) is 5. The smallest absolute Gasteiger partial charge is 0.545 e. The minimum Gasteiger partial charge on any atom is -0.545 e. The number of carboxylic acids is 1. The van der Waals surface area contributed by atoms with Crippen LogP contribution in [-0.4, -0.2) is 47.4 Å². The van der Waals surface area contributed by atoms with Gasteiger partial charge in [0.25, 0.3) is 0 Å². The fourth-order valence-corrected chi connectivity index (χ4v) is 0.824. The van der Waals surface area contributed by atoms with E-state index in [1.54, 1.807) is 0 Å². The molecule has 76 valence electrons. The van der Waals surface area contributed by atoms with E-state index in [4.69, 9.17) is 10.2 Å². The van der Waals surface area contributed by atoms with Gasteiger partial charge in [0.1, 0.15) is 0 Å². The number of rotatable bonds is 6. The van der Waals surface area contributed by atoms with E-state index in [1.807, 2.05) is 0 Å². The largest absolute Gasteiger partial charge is 1.00 e. The molecule has 0 aliphatic heterocycles. The van der Waals surface area contributed by atoms with Gasteiger partial charge in [0.05, 0.1) is 19.2 Å². The number of nitrogens with zero attached hydrogens (tertiary/aromatic N) is 1. The molecule has 0 unspecified atom stereocenters. The molecule has 0 saturated carbocycles. The maximum Gasteiger partial charge on any atom is 1.00 e. The van der Waals surface area contributed by atoms with Crippen LogP contribution in [0.1, 0.15) is 6.92 Å². The van der Waals surface area contributed by atoms with Gasteiger partial charge in [-0.3, -0.25) is 0 Å². The van der Waals surface area contributed by atoms with E-state index < -0.39 is 5.97 Å². The van der Waals surface area contributed by atoms with Gasteiger partial charge in [0, 0.05) is 19.3 Å². The predicted octanol–water partition coefficient (Wildman–Crippen LogP) is -5.07. The van der Waals surface area contributed by atoms with Crippen LogP contribution in [0.2, 0.25) is 0 Å². The fraction of sp³-hybridized carbons (Fsp3) is 0.625. The Morgan fingerprint density at radius 1 is 1.36 bits per heavy atom. The SMILES string of the molecule is CC(=CN(CCO)CCO)C(=O)[O-].[K+]. The Morgan fingerprint density at radius 2 is 1.79 bits per heavy atom. The second-order valence-corrected chi connectivity index (χ2v) is 2.58. The number of hydrogen-bond donors (Lipinski definition) is 2. The first kappa shape index (κ1) is 17.0. The van der Waals surface area contributed by atoms with Gasteiger partial charge in [0.2, 0.25) is 0 Å². The Labute approximate surface area is 126 Å². The molecular weight excluding hydrogens is 213 g/mol.